The Hall–Kier alpha value is -0.790. The Kier molecular flexibility index (Phi) is 2.02. The first-order valence-electron chi connectivity index (χ1n) is 6.52. The summed E-state index contributed by atoms with van der Waals surface area (Å²) in [4.78, 5) is 11.1. The Morgan fingerprint density at radius 3 is 2.44 bits per heavy atom. The molecule has 1 N–H and O–H groups in total. The summed E-state index contributed by atoms with van der Waals surface area (Å²) in [6.07, 6.45) is 11.3. The number of hydrogen-bond donors (Lipinski definition) is 1. The van der Waals surface area contributed by atoms with E-state index in [0.29, 0.717) is 11.3 Å². The molecule has 2 nitrogen and oxygen atoms in total. The molecule has 1 spiro atoms. The predicted octanol–water partition coefficient (Wildman–Crippen LogP) is 3.23. The third-order valence-electron chi connectivity index (χ3n) is 5.32. The molecule has 0 bridgehead atoms. The quantitative estimate of drug-likeness (QED) is 0.741. The van der Waals surface area contributed by atoms with Crippen molar-refractivity contribution in [2.75, 3.05) is 0 Å². The molecule has 2 unspecified atom stereocenters. The van der Waals surface area contributed by atoms with Crippen molar-refractivity contribution in [3.8, 4) is 0 Å². The van der Waals surface area contributed by atoms with Crippen molar-refractivity contribution in [3.05, 3.63) is 12.2 Å². The van der Waals surface area contributed by atoms with E-state index < -0.39 is 11.4 Å². The Morgan fingerprint density at radius 1 is 1.25 bits per heavy atom. The molecule has 16 heavy (non-hydrogen) atoms. The van der Waals surface area contributed by atoms with Gasteiger partial charge in [-0.1, -0.05) is 19.1 Å². The zero-order valence-electron chi connectivity index (χ0n) is 9.91. The third kappa shape index (κ3) is 1.35. The molecule has 0 aromatic carbocycles. The maximum Gasteiger partial charge on any atom is 0.313 e. The van der Waals surface area contributed by atoms with Crippen LogP contribution in [0.5, 0.6) is 0 Å². The van der Waals surface area contributed by atoms with E-state index in [2.05, 4.69) is 13.0 Å². The molecule has 2 atom stereocenters. The van der Waals surface area contributed by atoms with Gasteiger partial charge in [0.2, 0.25) is 0 Å². The van der Waals surface area contributed by atoms with E-state index in [1.807, 2.05) is 6.08 Å². The van der Waals surface area contributed by atoms with Crippen LogP contribution in [0.3, 0.4) is 0 Å². The molecule has 0 radical (unpaired) electrons. The highest BCUT2D eigenvalue weighted by atomic mass is 16.4. The second-order valence-electron chi connectivity index (χ2n) is 6.14. The summed E-state index contributed by atoms with van der Waals surface area (Å²) in [5, 5.41) is 9.12. The molecular formula is C14H20O2. The van der Waals surface area contributed by atoms with E-state index in [1.165, 1.54) is 25.7 Å². The molecule has 0 heterocycles. The topological polar surface area (TPSA) is 37.3 Å². The number of carboxylic acids is 1. The van der Waals surface area contributed by atoms with Crippen molar-refractivity contribution >= 4 is 5.97 Å². The van der Waals surface area contributed by atoms with Crippen molar-refractivity contribution in [3.63, 3.8) is 0 Å². The molecule has 0 amide bonds. The van der Waals surface area contributed by atoms with Gasteiger partial charge in [0.1, 0.15) is 0 Å². The van der Waals surface area contributed by atoms with E-state index in [0.717, 1.165) is 18.8 Å². The second-order valence-corrected chi connectivity index (χ2v) is 6.14. The molecular weight excluding hydrogens is 200 g/mol. The van der Waals surface area contributed by atoms with Gasteiger partial charge in [-0.25, -0.2) is 0 Å². The summed E-state index contributed by atoms with van der Waals surface area (Å²) >= 11 is 0. The van der Waals surface area contributed by atoms with Crippen molar-refractivity contribution in [2.45, 2.75) is 45.4 Å². The lowest BCUT2D eigenvalue weighted by Crippen LogP contribution is -2.15. The average molecular weight is 220 g/mol. The Bertz CT molecular complexity index is 348. The lowest BCUT2D eigenvalue weighted by Gasteiger charge is -2.19. The number of aliphatic carboxylic acids is 1. The third-order valence-corrected chi connectivity index (χ3v) is 5.32. The fourth-order valence-corrected chi connectivity index (χ4v) is 3.55. The Morgan fingerprint density at radius 2 is 1.94 bits per heavy atom. The summed E-state index contributed by atoms with van der Waals surface area (Å²) in [7, 11) is 0. The molecule has 3 rings (SSSR count). The van der Waals surface area contributed by atoms with Gasteiger partial charge in [-0.15, -0.1) is 0 Å². The van der Waals surface area contributed by atoms with Crippen molar-refractivity contribution in [1.29, 1.82) is 0 Å². The number of carboxylic acid groups (broad SMARTS) is 1. The molecule has 0 aromatic rings. The van der Waals surface area contributed by atoms with Gasteiger partial charge in [0.05, 0.1) is 5.41 Å². The van der Waals surface area contributed by atoms with Gasteiger partial charge in [-0.2, -0.15) is 0 Å². The number of carbonyl (C=O) groups is 1. The molecule has 3 saturated carbocycles. The fraction of sp³-hybridized carbons (Fsp3) is 0.786. The first-order valence-corrected chi connectivity index (χ1v) is 6.52. The molecule has 2 heteroatoms. The summed E-state index contributed by atoms with van der Waals surface area (Å²) in [5.74, 6) is 0.890. The first kappa shape index (κ1) is 10.4. The minimum Gasteiger partial charge on any atom is -0.481 e. The van der Waals surface area contributed by atoms with E-state index in [1.54, 1.807) is 0 Å². The van der Waals surface area contributed by atoms with Crippen LogP contribution in [-0.2, 0) is 4.79 Å². The van der Waals surface area contributed by atoms with Gasteiger partial charge in [0.25, 0.3) is 0 Å². The maximum atomic E-state index is 11.1. The van der Waals surface area contributed by atoms with Crippen LogP contribution in [0, 0.1) is 22.7 Å². The van der Waals surface area contributed by atoms with Crippen LogP contribution in [0.4, 0.5) is 0 Å². The lowest BCUT2D eigenvalue weighted by atomic mass is 9.86. The van der Waals surface area contributed by atoms with Crippen LogP contribution in [0.25, 0.3) is 0 Å². The van der Waals surface area contributed by atoms with Crippen LogP contribution in [0.2, 0.25) is 0 Å². The van der Waals surface area contributed by atoms with E-state index in [4.69, 9.17) is 5.11 Å². The van der Waals surface area contributed by atoms with Gasteiger partial charge < -0.3 is 5.11 Å². The number of hydrogen-bond acceptors (Lipinski definition) is 1. The number of rotatable bonds is 3. The highest BCUT2D eigenvalue weighted by molar-refractivity contribution is 5.80. The molecule has 3 fully saturated rings. The summed E-state index contributed by atoms with van der Waals surface area (Å²) in [6.45, 7) is 2.37. The summed E-state index contributed by atoms with van der Waals surface area (Å²) in [6, 6.07) is 0. The standard InChI is InChI=1S/C14H20O2/c1-10-2-3-11(14(10)8-9-14)4-5-13(6-7-13)12(15)16/h4-5,10-11H,2-3,6-9H2,1H3,(H,15,16)/b5-4+. The zero-order valence-corrected chi connectivity index (χ0v) is 9.91. The molecule has 88 valence electrons. The van der Waals surface area contributed by atoms with Crippen LogP contribution >= 0.6 is 0 Å². The van der Waals surface area contributed by atoms with Gasteiger partial charge in [0.15, 0.2) is 0 Å². The molecule has 3 aliphatic carbocycles. The van der Waals surface area contributed by atoms with Crippen LogP contribution in [0.15, 0.2) is 12.2 Å². The highest BCUT2D eigenvalue weighted by Gasteiger charge is 2.56. The van der Waals surface area contributed by atoms with Gasteiger partial charge >= 0.3 is 5.97 Å². The minimum absolute atomic E-state index is 0.470. The highest BCUT2D eigenvalue weighted by Crippen LogP contribution is 2.65. The van der Waals surface area contributed by atoms with Crippen molar-refractivity contribution in [2.24, 2.45) is 22.7 Å². The molecule has 3 aliphatic rings. The minimum atomic E-state index is -0.625. The van der Waals surface area contributed by atoms with E-state index in [9.17, 15) is 4.79 Å². The summed E-state index contributed by atoms with van der Waals surface area (Å²) < 4.78 is 0. The molecule has 0 aliphatic heterocycles. The monoisotopic (exact) mass is 220 g/mol. The van der Waals surface area contributed by atoms with Gasteiger partial charge in [-0.3, -0.25) is 4.79 Å². The fourth-order valence-electron chi connectivity index (χ4n) is 3.55. The SMILES string of the molecule is CC1CCC(/C=C/C2(C(=O)O)CC2)C12CC2. The van der Waals surface area contributed by atoms with Crippen molar-refractivity contribution in [1.82, 2.24) is 0 Å². The first-order chi connectivity index (χ1) is 7.59. The smallest absolute Gasteiger partial charge is 0.313 e. The second kappa shape index (κ2) is 3.12. The van der Waals surface area contributed by atoms with E-state index in [-0.39, 0.29) is 0 Å². The average Bonchev–Trinajstić information content (AvgIpc) is 3.10. The van der Waals surface area contributed by atoms with Crippen molar-refractivity contribution < 1.29 is 9.90 Å². The van der Waals surface area contributed by atoms with Crippen LogP contribution in [0.1, 0.15) is 45.4 Å². The van der Waals surface area contributed by atoms with Gasteiger partial charge in [-0.05, 0) is 55.8 Å². The predicted molar refractivity (Wildman–Crippen MR) is 62.0 cm³/mol. The largest absolute Gasteiger partial charge is 0.481 e. The lowest BCUT2D eigenvalue weighted by molar-refractivity contribution is -0.141. The zero-order chi connectivity index (χ0) is 11.4. The Labute approximate surface area is 96.7 Å². The maximum absolute atomic E-state index is 11.1. The molecule has 0 saturated heterocycles. The van der Waals surface area contributed by atoms with Crippen LogP contribution < -0.4 is 0 Å². The normalized spacial score (nSPS) is 38.1. The Balaban J connectivity index is 1.72. The van der Waals surface area contributed by atoms with Gasteiger partial charge in [0, 0.05) is 0 Å². The number of allylic oxidation sites excluding steroid dienone is 1. The van der Waals surface area contributed by atoms with E-state index >= 15 is 0 Å². The summed E-state index contributed by atoms with van der Waals surface area (Å²) in [5.41, 5.74) is 0.104. The molecule has 0 aromatic heterocycles. The van der Waals surface area contributed by atoms with Crippen LogP contribution in [-0.4, -0.2) is 11.1 Å².